The molecule has 2 aliphatic heterocycles. The van der Waals surface area contributed by atoms with E-state index in [-0.39, 0.29) is 10.8 Å². The van der Waals surface area contributed by atoms with Gasteiger partial charge in [0.15, 0.2) is 0 Å². The predicted octanol–water partition coefficient (Wildman–Crippen LogP) is 3.33. The van der Waals surface area contributed by atoms with Gasteiger partial charge in [-0.1, -0.05) is 18.2 Å². The first-order valence-electron chi connectivity index (χ1n) is 8.92. The second kappa shape index (κ2) is 6.13. The van der Waals surface area contributed by atoms with Gasteiger partial charge in [0.1, 0.15) is 0 Å². The van der Waals surface area contributed by atoms with Gasteiger partial charge >= 0.3 is 0 Å². The van der Waals surface area contributed by atoms with Gasteiger partial charge in [0.05, 0.1) is 16.3 Å². The Morgan fingerprint density at radius 3 is 2.35 bits per heavy atom. The molecule has 2 aromatic carbocycles. The summed E-state index contributed by atoms with van der Waals surface area (Å²) in [6.45, 7) is 4.52. The highest BCUT2D eigenvalue weighted by Gasteiger charge is 2.31. The molecule has 6 heteroatoms. The Morgan fingerprint density at radius 1 is 1.00 bits per heavy atom. The Hall–Kier alpha value is -2.34. The van der Waals surface area contributed by atoms with Crippen LogP contribution in [0.15, 0.2) is 35.2 Å². The van der Waals surface area contributed by atoms with Crippen molar-refractivity contribution in [1.29, 1.82) is 0 Å². The van der Waals surface area contributed by atoms with Crippen LogP contribution in [0.5, 0.6) is 0 Å². The van der Waals surface area contributed by atoms with Crippen molar-refractivity contribution in [1.82, 2.24) is 0 Å². The summed E-state index contributed by atoms with van der Waals surface area (Å²) in [4.78, 5) is 14.3. The zero-order chi connectivity index (χ0) is 18.5. The first-order chi connectivity index (χ1) is 12.4. The SMILES string of the molecule is Cc1cccc(C)c1NS(=O)(=O)c1cc2c3c(c1)CCC(=O)N3CCC2. The number of nitrogens with one attached hydrogen (secondary N) is 1. The van der Waals surface area contributed by atoms with Crippen LogP contribution in [0.1, 0.15) is 35.1 Å². The Labute approximate surface area is 154 Å². The average molecular weight is 370 g/mol. The summed E-state index contributed by atoms with van der Waals surface area (Å²) in [5.41, 5.74) is 5.29. The highest BCUT2D eigenvalue weighted by molar-refractivity contribution is 7.92. The molecule has 2 aromatic rings. The fraction of sp³-hybridized carbons (Fsp3) is 0.350. The van der Waals surface area contributed by atoms with Crippen molar-refractivity contribution in [2.75, 3.05) is 16.2 Å². The minimum atomic E-state index is -3.68. The minimum absolute atomic E-state index is 0.141. The molecule has 26 heavy (non-hydrogen) atoms. The van der Waals surface area contributed by atoms with Crippen LogP contribution in [0.4, 0.5) is 11.4 Å². The van der Waals surface area contributed by atoms with Crippen molar-refractivity contribution >= 4 is 27.3 Å². The van der Waals surface area contributed by atoms with Crippen LogP contribution in [0.3, 0.4) is 0 Å². The number of benzene rings is 2. The molecule has 0 bridgehead atoms. The van der Waals surface area contributed by atoms with E-state index in [1.165, 1.54) is 0 Å². The fourth-order valence-electron chi connectivity index (χ4n) is 3.95. The topological polar surface area (TPSA) is 66.5 Å². The number of rotatable bonds is 3. The summed E-state index contributed by atoms with van der Waals surface area (Å²) in [6.07, 6.45) is 2.72. The first kappa shape index (κ1) is 17.1. The molecule has 136 valence electrons. The summed E-state index contributed by atoms with van der Waals surface area (Å²) in [5, 5.41) is 0. The zero-order valence-electron chi connectivity index (χ0n) is 15.0. The van der Waals surface area contributed by atoms with Crippen LogP contribution >= 0.6 is 0 Å². The maximum atomic E-state index is 13.0. The van der Waals surface area contributed by atoms with Crippen LogP contribution in [0, 0.1) is 13.8 Å². The number of nitrogens with zero attached hydrogens (tertiary/aromatic N) is 1. The van der Waals surface area contributed by atoms with Gasteiger partial charge in [-0.2, -0.15) is 0 Å². The molecule has 4 rings (SSSR count). The van der Waals surface area contributed by atoms with E-state index in [2.05, 4.69) is 4.72 Å². The van der Waals surface area contributed by atoms with E-state index in [1.54, 1.807) is 12.1 Å². The Kier molecular flexibility index (Phi) is 4.03. The third-order valence-electron chi connectivity index (χ3n) is 5.28. The molecule has 5 nitrogen and oxygen atoms in total. The summed E-state index contributed by atoms with van der Waals surface area (Å²) in [7, 11) is -3.68. The largest absolute Gasteiger partial charge is 0.312 e. The van der Waals surface area contributed by atoms with Crippen molar-refractivity contribution in [3.05, 3.63) is 52.6 Å². The maximum absolute atomic E-state index is 13.0. The van der Waals surface area contributed by atoms with Gasteiger partial charge in [-0.15, -0.1) is 0 Å². The smallest absolute Gasteiger partial charge is 0.261 e. The molecule has 0 aliphatic carbocycles. The normalized spacial score (nSPS) is 16.4. The summed E-state index contributed by atoms with van der Waals surface area (Å²) >= 11 is 0. The molecule has 0 aromatic heterocycles. The van der Waals surface area contributed by atoms with Gasteiger partial charge < -0.3 is 4.90 Å². The van der Waals surface area contributed by atoms with Gasteiger partial charge in [-0.25, -0.2) is 8.42 Å². The van der Waals surface area contributed by atoms with Crippen molar-refractivity contribution < 1.29 is 13.2 Å². The average Bonchev–Trinajstić information content (AvgIpc) is 2.61. The molecule has 0 atom stereocenters. The quantitative estimate of drug-likeness (QED) is 0.901. The highest BCUT2D eigenvalue weighted by atomic mass is 32.2. The van der Waals surface area contributed by atoms with Gasteiger partial charge in [0.2, 0.25) is 5.91 Å². The Bertz CT molecular complexity index is 974. The van der Waals surface area contributed by atoms with E-state index in [0.29, 0.717) is 18.5 Å². The van der Waals surface area contributed by atoms with Gasteiger partial charge in [-0.3, -0.25) is 9.52 Å². The Morgan fingerprint density at radius 2 is 1.65 bits per heavy atom. The monoisotopic (exact) mass is 370 g/mol. The van der Waals surface area contributed by atoms with Crippen LogP contribution in [0.2, 0.25) is 0 Å². The molecule has 0 radical (unpaired) electrons. The molecule has 0 spiro atoms. The highest BCUT2D eigenvalue weighted by Crippen LogP contribution is 2.38. The molecular formula is C20H22N2O3S. The standard InChI is InChI=1S/C20H22N2O3S/c1-13-5-3-6-14(2)19(13)21-26(24,25)17-11-15-7-4-10-22-18(23)9-8-16(12-17)20(15)22/h3,5-6,11-12,21H,4,7-10H2,1-2H3. The minimum Gasteiger partial charge on any atom is -0.312 e. The predicted molar refractivity (Wildman–Crippen MR) is 102 cm³/mol. The van der Waals surface area contributed by atoms with Crippen molar-refractivity contribution in [2.45, 2.75) is 44.4 Å². The van der Waals surface area contributed by atoms with Gasteiger partial charge in [-0.05, 0) is 67.5 Å². The number of amides is 1. The third kappa shape index (κ3) is 2.78. The lowest BCUT2D eigenvalue weighted by atomic mass is 9.92. The molecule has 0 saturated carbocycles. The fourth-order valence-corrected chi connectivity index (χ4v) is 5.25. The molecule has 2 aliphatic rings. The van der Waals surface area contributed by atoms with E-state index in [4.69, 9.17) is 0 Å². The van der Waals surface area contributed by atoms with Crippen molar-refractivity contribution in [2.24, 2.45) is 0 Å². The van der Waals surface area contributed by atoms with E-state index in [1.807, 2.05) is 36.9 Å². The second-order valence-corrected chi connectivity index (χ2v) is 8.79. The van der Waals surface area contributed by atoms with Crippen LogP contribution in [-0.2, 0) is 27.7 Å². The van der Waals surface area contributed by atoms with Gasteiger partial charge in [0.25, 0.3) is 10.0 Å². The van der Waals surface area contributed by atoms with E-state index < -0.39 is 10.0 Å². The van der Waals surface area contributed by atoms with E-state index >= 15 is 0 Å². The number of para-hydroxylation sites is 1. The number of aryl methyl sites for hydroxylation is 4. The van der Waals surface area contributed by atoms with Crippen LogP contribution < -0.4 is 9.62 Å². The number of carbonyl (C=O) groups excluding carboxylic acids is 1. The molecule has 0 saturated heterocycles. The summed E-state index contributed by atoms with van der Waals surface area (Å²) in [5.74, 6) is 0.141. The summed E-state index contributed by atoms with van der Waals surface area (Å²) in [6, 6.07) is 9.17. The number of hydrogen-bond donors (Lipinski definition) is 1. The third-order valence-corrected chi connectivity index (χ3v) is 6.61. The van der Waals surface area contributed by atoms with Crippen LogP contribution in [0.25, 0.3) is 0 Å². The van der Waals surface area contributed by atoms with E-state index in [9.17, 15) is 13.2 Å². The van der Waals surface area contributed by atoms with Crippen LogP contribution in [-0.4, -0.2) is 20.9 Å². The Balaban J connectivity index is 1.78. The van der Waals surface area contributed by atoms with Gasteiger partial charge in [0, 0.05) is 13.0 Å². The lowest BCUT2D eigenvalue weighted by Gasteiger charge is -2.35. The number of carbonyl (C=O) groups is 1. The second-order valence-electron chi connectivity index (χ2n) is 7.11. The number of sulfonamides is 1. The maximum Gasteiger partial charge on any atom is 0.261 e. The summed E-state index contributed by atoms with van der Waals surface area (Å²) < 4.78 is 28.8. The lowest BCUT2D eigenvalue weighted by molar-refractivity contribution is -0.119. The molecule has 2 heterocycles. The number of anilines is 2. The number of hydrogen-bond acceptors (Lipinski definition) is 3. The van der Waals surface area contributed by atoms with Crippen molar-refractivity contribution in [3.8, 4) is 0 Å². The zero-order valence-corrected chi connectivity index (χ0v) is 15.8. The van der Waals surface area contributed by atoms with Crippen molar-refractivity contribution in [3.63, 3.8) is 0 Å². The molecule has 0 fully saturated rings. The molecule has 1 N–H and O–H groups in total. The molecule has 0 unspecified atom stereocenters. The first-order valence-corrected chi connectivity index (χ1v) is 10.4. The molecule has 1 amide bonds. The van der Waals surface area contributed by atoms with E-state index in [0.717, 1.165) is 47.3 Å². The molecular weight excluding hydrogens is 348 g/mol. The lowest BCUT2D eigenvalue weighted by Crippen LogP contribution is -2.39.